The fourth-order valence-corrected chi connectivity index (χ4v) is 3.01. The maximum Gasteiger partial charge on any atom is 0.222 e. The Morgan fingerprint density at radius 1 is 1.00 bits per heavy atom. The summed E-state index contributed by atoms with van der Waals surface area (Å²) in [4.78, 5) is 24.9. The summed E-state index contributed by atoms with van der Waals surface area (Å²) in [5.74, 6) is -0.0821. The van der Waals surface area contributed by atoms with Crippen molar-refractivity contribution in [3.05, 3.63) is 23.1 Å². The predicted molar refractivity (Wildman–Crippen MR) is 101 cm³/mol. The minimum Gasteiger partial charge on any atom is -0.492 e. The zero-order valence-corrected chi connectivity index (χ0v) is 15.9. The third-order valence-electron chi connectivity index (χ3n) is 4.47. The van der Waals surface area contributed by atoms with Crippen LogP contribution in [0.15, 0.2) is 23.1 Å². The van der Waals surface area contributed by atoms with Crippen molar-refractivity contribution in [2.75, 3.05) is 20.2 Å². The van der Waals surface area contributed by atoms with Crippen molar-refractivity contribution in [1.29, 1.82) is 0 Å². The number of hydrogen-bond donors (Lipinski definition) is 2. The van der Waals surface area contributed by atoms with Gasteiger partial charge in [-0.1, -0.05) is 45.4 Å². The lowest BCUT2D eigenvalue weighted by molar-refractivity contribution is -0.118. The molecule has 25 heavy (non-hydrogen) atoms. The zero-order valence-electron chi connectivity index (χ0n) is 15.9. The number of methoxy groups -OCH3 is 1. The molecule has 0 aliphatic heterocycles. The van der Waals surface area contributed by atoms with Gasteiger partial charge in [-0.25, -0.2) is 0 Å². The van der Waals surface area contributed by atoms with Crippen LogP contribution in [0.2, 0.25) is 0 Å². The molecule has 0 saturated heterocycles. The number of allylic oxidation sites excluding steroid dienone is 2. The van der Waals surface area contributed by atoms with Gasteiger partial charge in [0.05, 0.1) is 12.8 Å². The summed E-state index contributed by atoms with van der Waals surface area (Å²) in [6, 6.07) is 0. The van der Waals surface area contributed by atoms with E-state index >= 15 is 0 Å². The van der Waals surface area contributed by atoms with E-state index in [0.717, 1.165) is 64.5 Å². The molecule has 0 saturated carbocycles. The molecule has 142 valence electrons. The predicted octanol–water partition coefficient (Wildman–Crippen LogP) is 3.39. The van der Waals surface area contributed by atoms with E-state index in [1.54, 1.807) is 0 Å². The van der Waals surface area contributed by atoms with Crippen LogP contribution in [0.5, 0.6) is 0 Å². The summed E-state index contributed by atoms with van der Waals surface area (Å²) >= 11 is 0. The van der Waals surface area contributed by atoms with Crippen molar-refractivity contribution in [2.45, 2.75) is 71.1 Å². The highest BCUT2D eigenvalue weighted by Crippen LogP contribution is 2.24. The second kappa shape index (κ2) is 12.7. The van der Waals surface area contributed by atoms with E-state index in [1.165, 1.54) is 19.6 Å². The van der Waals surface area contributed by atoms with Crippen LogP contribution in [0.4, 0.5) is 0 Å². The number of carbonyl (C=O) groups is 2. The van der Waals surface area contributed by atoms with Gasteiger partial charge in [0.15, 0.2) is 5.76 Å². The Kier molecular flexibility index (Phi) is 10.9. The van der Waals surface area contributed by atoms with E-state index in [-0.39, 0.29) is 17.3 Å². The standard InChI is InChI=1S/C20H34N2O3/c1-3-4-11-14-22-17-15-18(23)20(25-2)16(19(17)24)12-9-7-5-6-8-10-13-21/h15,22H,3-14,21H2,1-2H3. The number of hydrogen-bond acceptors (Lipinski definition) is 5. The van der Waals surface area contributed by atoms with Crippen LogP contribution in [0.3, 0.4) is 0 Å². The lowest BCUT2D eigenvalue weighted by atomic mass is 9.93. The topological polar surface area (TPSA) is 81.4 Å². The van der Waals surface area contributed by atoms with Crippen LogP contribution in [0, 0.1) is 0 Å². The SMILES string of the molecule is CCCCCNC1=CC(=O)C(OC)=C(CCCCCCCCN)C1=O. The molecule has 0 radical (unpaired) electrons. The molecule has 0 aromatic heterocycles. The first-order valence-electron chi connectivity index (χ1n) is 9.67. The van der Waals surface area contributed by atoms with Crippen molar-refractivity contribution in [2.24, 2.45) is 5.73 Å². The summed E-state index contributed by atoms with van der Waals surface area (Å²) in [6.07, 6.45) is 11.7. The normalized spacial score (nSPS) is 14.8. The second-order valence-electron chi connectivity index (χ2n) is 6.56. The Hall–Kier alpha value is -1.62. The first-order chi connectivity index (χ1) is 12.2. The molecule has 0 bridgehead atoms. The van der Waals surface area contributed by atoms with Crippen LogP contribution < -0.4 is 11.1 Å². The Balaban J connectivity index is 2.52. The molecule has 0 heterocycles. The van der Waals surface area contributed by atoms with Crippen LogP contribution in [-0.2, 0) is 14.3 Å². The maximum absolute atomic E-state index is 12.7. The average Bonchev–Trinajstić information content (AvgIpc) is 2.61. The van der Waals surface area contributed by atoms with E-state index in [9.17, 15) is 9.59 Å². The lowest BCUT2D eigenvalue weighted by Crippen LogP contribution is -2.29. The summed E-state index contributed by atoms with van der Waals surface area (Å²) < 4.78 is 5.21. The Bertz CT molecular complexity index is 495. The molecule has 0 unspecified atom stereocenters. The molecule has 1 aliphatic rings. The van der Waals surface area contributed by atoms with Gasteiger partial charge in [0.2, 0.25) is 11.6 Å². The van der Waals surface area contributed by atoms with Crippen LogP contribution in [-0.4, -0.2) is 31.8 Å². The fraction of sp³-hybridized carbons (Fsp3) is 0.700. The van der Waals surface area contributed by atoms with Gasteiger partial charge in [0.25, 0.3) is 0 Å². The average molecular weight is 351 g/mol. The molecule has 3 N–H and O–H groups in total. The van der Waals surface area contributed by atoms with Gasteiger partial charge in [-0.15, -0.1) is 0 Å². The van der Waals surface area contributed by atoms with Gasteiger partial charge in [-0.3, -0.25) is 9.59 Å². The smallest absolute Gasteiger partial charge is 0.222 e. The van der Waals surface area contributed by atoms with Crippen molar-refractivity contribution in [1.82, 2.24) is 5.32 Å². The Morgan fingerprint density at radius 2 is 1.68 bits per heavy atom. The monoisotopic (exact) mass is 350 g/mol. The van der Waals surface area contributed by atoms with Crippen molar-refractivity contribution in [3.63, 3.8) is 0 Å². The van der Waals surface area contributed by atoms with E-state index in [0.29, 0.717) is 17.7 Å². The van der Waals surface area contributed by atoms with Crippen LogP contribution in [0.1, 0.15) is 71.1 Å². The van der Waals surface area contributed by atoms with E-state index < -0.39 is 0 Å². The number of Topliss-reactive ketones (excluding diaryl/α,β-unsaturated/α-hetero) is 1. The first kappa shape index (κ1) is 21.4. The first-order valence-corrected chi connectivity index (χ1v) is 9.67. The van der Waals surface area contributed by atoms with Gasteiger partial charge < -0.3 is 15.8 Å². The molecule has 1 rings (SSSR count). The van der Waals surface area contributed by atoms with E-state index in [2.05, 4.69) is 12.2 Å². The number of nitrogens with two attached hydrogens (primary N) is 1. The third kappa shape index (κ3) is 7.43. The summed E-state index contributed by atoms with van der Waals surface area (Å²) in [5.41, 5.74) is 6.43. The van der Waals surface area contributed by atoms with E-state index in [4.69, 9.17) is 10.5 Å². The summed E-state index contributed by atoms with van der Waals surface area (Å²) in [7, 11) is 1.46. The molecule has 5 heteroatoms. The van der Waals surface area contributed by atoms with Gasteiger partial charge in [-0.2, -0.15) is 0 Å². The molecule has 0 fully saturated rings. The number of ether oxygens (including phenoxy) is 1. The summed E-state index contributed by atoms with van der Waals surface area (Å²) in [5, 5.41) is 3.13. The molecular weight excluding hydrogens is 316 g/mol. The lowest BCUT2D eigenvalue weighted by Gasteiger charge is -2.19. The molecule has 0 spiro atoms. The van der Waals surface area contributed by atoms with Crippen LogP contribution >= 0.6 is 0 Å². The molecular formula is C20H34N2O3. The van der Waals surface area contributed by atoms with E-state index in [1.807, 2.05) is 0 Å². The highest BCUT2D eigenvalue weighted by atomic mass is 16.5. The fourth-order valence-electron chi connectivity index (χ4n) is 3.01. The Labute approximate surface area is 152 Å². The Morgan fingerprint density at radius 3 is 2.32 bits per heavy atom. The zero-order chi connectivity index (χ0) is 18.5. The number of ketones is 2. The van der Waals surface area contributed by atoms with Gasteiger partial charge in [0.1, 0.15) is 0 Å². The third-order valence-corrected chi connectivity index (χ3v) is 4.47. The van der Waals surface area contributed by atoms with Crippen molar-refractivity contribution < 1.29 is 14.3 Å². The van der Waals surface area contributed by atoms with Crippen LogP contribution in [0.25, 0.3) is 0 Å². The van der Waals surface area contributed by atoms with Crippen molar-refractivity contribution >= 4 is 11.6 Å². The number of unbranched alkanes of at least 4 members (excludes halogenated alkanes) is 7. The van der Waals surface area contributed by atoms with Gasteiger partial charge in [0, 0.05) is 18.2 Å². The highest BCUT2D eigenvalue weighted by Gasteiger charge is 2.28. The molecule has 0 aromatic carbocycles. The number of rotatable bonds is 14. The minimum absolute atomic E-state index is 0.0870. The second-order valence-corrected chi connectivity index (χ2v) is 6.56. The van der Waals surface area contributed by atoms with Gasteiger partial charge in [-0.05, 0) is 32.2 Å². The highest BCUT2D eigenvalue weighted by molar-refractivity contribution is 6.21. The molecule has 0 atom stereocenters. The molecule has 5 nitrogen and oxygen atoms in total. The number of carbonyl (C=O) groups excluding carboxylic acids is 2. The maximum atomic E-state index is 12.7. The summed E-state index contributed by atoms with van der Waals surface area (Å²) in [6.45, 7) is 3.60. The molecule has 1 aliphatic carbocycles. The number of nitrogens with one attached hydrogen (secondary N) is 1. The minimum atomic E-state index is -0.210. The molecule has 0 amide bonds. The largest absolute Gasteiger partial charge is 0.492 e. The van der Waals surface area contributed by atoms with Crippen molar-refractivity contribution in [3.8, 4) is 0 Å². The van der Waals surface area contributed by atoms with Gasteiger partial charge >= 0.3 is 0 Å². The molecule has 0 aromatic rings. The quantitative estimate of drug-likeness (QED) is 0.371.